The van der Waals surface area contributed by atoms with E-state index in [0.29, 0.717) is 22.8 Å². The Morgan fingerprint density at radius 2 is 1.71 bits per heavy atom. The predicted octanol–water partition coefficient (Wildman–Crippen LogP) is 2.39. The molecule has 1 aromatic carbocycles. The molecule has 0 fully saturated rings. The highest BCUT2D eigenvalue weighted by Gasteiger charge is 2.26. The van der Waals surface area contributed by atoms with Crippen LogP contribution in [0.25, 0.3) is 0 Å². The maximum atomic E-state index is 11.2. The minimum atomic E-state index is -0.581. The Morgan fingerprint density at radius 1 is 1.12 bits per heavy atom. The van der Waals surface area contributed by atoms with E-state index in [0.717, 1.165) is 11.4 Å². The zero-order chi connectivity index (χ0) is 17.9. The maximum Gasteiger partial charge on any atom is 0.230 e. The van der Waals surface area contributed by atoms with E-state index in [1.165, 1.54) is 21.3 Å². The highest BCUT2D eigenvalue weighted by atomic mass is 16.6. The van der Waals surface area contributed by atoms with E-state index in [1.54, 1.807) is 16.8 Å². The fourth-order valence-electron chi connectivity index (χ4n) is 2.72. The van der Waals surface area contributed by atoms with Gasteiger partial charge in [-0.15, -0.1) is 0 Å². The first-order valence-electron chi connectivity index (χ1n) is 7.35. The zero-order valence-electron chi connectivity index (χ0n) is 14.4. The van der Waals surface area contributed by atoms with Gasteiger partial charge in [0.2, 0.25) is 12.3 Å². The maximum absolute atomic E-state index is 11.2. The molecule has 0 aliphatic rings. The summed E-state index contributed by atoms with van der Waals surface area (Å²) in [5, 5.41) is 15.6. The van der Waals surface area contributed by atoms with Crippen LogP contribution in [0, 0.1) is 24.0 Å². The van der Waals surface area contributed by atoms with Crippen molar-refractivity contribution in [2.24, 2.45) is 0 Å². The lowest BCUT2D eigenvalue weighted by atomic mass is 10.1. The molecule has 130 valence electrons. The van der Waals surface area contributed by atoms with Gasteiger partial charge in [-0.1, -0.05) is 0 Å². The largest absolute Gasteiger partial charge is 0.493 e. The summed E-state index contributed by atoms with van der Waals surface area (Å²) in [7, 11) is 4.52. The molecule has 2 rings (SSSR count). The van der Waals surface area contributed by atoms with Crippen LogP contribution in [-0.2, 0) is 0 Å². The Kier molecular flexibility index (Phi) is 5.28. The van der Waals surface area contributed by atoms with Gasteiger partial charge in [0.15, 0.2) is 11.5 Å². The Labute approximate surface area is 140 Å². The van der Waals surface area contributed by atoms with Crippen LogP contribution >= 0.6 is 0 Å². The van der Waals surface area contributed by atoms with E-state index < -0.39 is 6.04 Å². The van der Waals surface area contributed by atoms with Crippen LogP contribution in [0.1, 0.15) is 23.0 Å². The van der Waals surface area contributed by atoms with E-state index in [9.17, 15) is 10.1 Å². The zero-order valence-corrected chi connectivity index (χ0v) is 14.4. The van der Waals surface area contributed by atoms with Crippen molar-refractivity contribution >= 4 is 0 Å². The molecule has 0 aliphatic heterocycles. The third kappa shape index (κ3) is 3.42. The highest BCUT2D eigenvalue weighted by Crippen LogP contribution is 2.40. The Balaban J connectivity index is 2.62. The van der Waals surface area contributed by atoms with Gasteiger partial charge in [0.25, 0.3) is 0 Å². The lowest BCUT2D eigenvalue weighted by Crippen LogP contribution is -2.22. The second kappa shape index (κ2) is 7.20. The molecule has 0 saturated carbocycles. The Morgan fingerprint density at radius 3 is 2.08 bits per heavy atom. The van der Waals surface area contributed by atoms with Gasteiger partial charge < -0.3 is 14.2 Å². The molecule has 0 saturated heterocycles. The number of methoxy groups -OCH3 is 3. The third-order valence-electron chi connectivity index (χ3n) is 3.73. The smallest absolute Gasteiger partial charge is 0.230 e. The lowest BCUT2D eigenvalue weighted by Gasteiger charge is -2.19. The van der Waals surface area contributed by atoms with Gasteiger partial charge in [0.1, 0.15) is 6.04 Å². The summed E-state index contributed by atoms with van der Waals surface area (Å²) in [4.78, 5) is 10.8. The van der Waals surface area contributed by atoms with E-state index in [1.807, 2.05) is 19.9 Å². The molecule has 0 amide bonds. The SMILES string of the molecule is COc1cc(C(C[N+](=O)[O-])n2nc(C)cc2C)cc(OC)c1OC. The van der Waals surface area contributed by atoms with Gasteiger partial charge >= 0.3 is 0 Å². The molecular weight excluding hydrogens is 314 g/mol. The van der Waals surface area contributed by atoms with Crippen molar-refractivity contribution in [1.82, 2.24) is 9.78 Å². The predicted molar refractivity (Wildman–Crippen MR) is 87.8 cm³/mol. The van der Waals surface area contributed by atoms with E-state index in [2.05, 4.69) is 5.10 Å². The van der Waals surface area contributed by atoms with Crippen molar-refractivity contribution in [3.63, 3.8) is 0 Å². The molecule has 1 heterocycles. The van der Waals surface area contributed by atoms with Crippen LogP contribution in [0.2, 0.25) is 0 Å². The minimum absolute atomic E-state index is 0.305. The summed E-state index contributed by atoms with van der Waals surface area (Å²) >= 11 is 0. The fourth-order valence-corrected chi connectivity index (χ4v) is 2.72. The number of nitro groups is 1. The fraction of sp³-hybridized carbons (Fsp3) is 0.438. The molecule has 2 aromatic rings. The van der Waals surface area contributed by atoms with Gasteiger partial charge in [-0.3, -0.25) is 14.8 Å². The van der Waals surface area contributed by atoms with Gasteiger partial charge in [-0.25, -0.2) is 0 Å². The number of ether oxygens (including phenoxy) is 3. The van der Waals surface area contributed by atoms with Gasteiger partial charge in [0.05, 0.1) is 27.0 Å². The number of aryl methyl sites for hydroxylation is 2. The van der Waals surface area contributed by atoms with Crippen molar-refractivity contribution in [1.29, 1.82) is 0 Å². The van der Waals surface area contributed by atoms with Crippen LogP contribution in [0.5, 0.6) is 17.2 Å². The number of nitrogens with zero attached hydrogens (tertiary/aromatic N) is 3. The number of aromatic nitrogens is 2. The molecule has 0 radical (unpaired) electrons. The third-order valence-corrected chi connectivity index (χ3v) is 3.73. The topological polar surface area (TPSA) is 88.7 Å². The molecule has 8 nitrogen and oxygen atoms in total. The monoisotopic (exact) mass is 335 g/mol. The molecule has 0 spiro atoms. The van der Waals surface area contributed by atoms with Crippen molar-refractivity contribution in [2.75, 3.05) is 27.9 Å². The number of hydrogen-bond donors (Lipinski definition) is 0. The van der Waals surface area contributed by atoms with Crippen molar-refractivity contribution in [3.8, 4) is 17.2 Å². The van der Waals surface area contributed by atoms with Crippen LogP contribution < -0.4 is 14.2 Å². The summed E-state index contributed by atoms with van der Waals surface area (Å²) in [5.74, 6) is 1.33. The number of rotatable bonds is 7. The average Bonchev–Trinajstić information content (AvgIpc) is 2.89. The molecule has 0 bridgehead atoms. The van der Waals surface area contributed by atoms with E-state index in [4.69, 9.17) is 14.2 Å². The Hall–Kier alpha value is -2.77. The van der Waals surface area contributed by atoms with Crippen molar-refractivity contribution in [3.05, 3.63) is 45.3 Å². The summed E-state index contributed by atoms with van der Waals surface area (Å²) < 4.78 is 17.6. The molecule has 8 heteroatoms. The molecule has 24 heavy (non-hydrogen) atoms. The number of hydrogen-bond acceptors (Lipinski definition) is 6. The van der Waals surface area contributed by atoms with Crippen molar-refractivity contribution < 1.29 is 19.1 Å². The summed E-state index contributed by atoms with van der Waals surface area (Å²) in [6, 6.07) is 4.73. The van der Waals surface area contributed by atoms with E-state index >= 15 is 0 Å². The first-order chi connectivity index (χ1) is 11.4. The van der Waals surface area contributed by atoms with Crippen LogP contribution in [-0.4, -0.2) is 42.6 Å². The minimum Gasteiger partial charge on any atom is -0.493 e. The second-order valence-electron chi connectivity index (χ2n) is 5.36. The Bertz CT molecular complexity index is 716. The molecule has 1 unspecified atom stereocenters. The van der Waals surface area contributed by atoms with Gasteiger partial charge in [-0.05, 0) is 37.6 Å². The van der Waals surface area contributed by atoms with Crippen LogP contribution in [0.3, 0.4) is 0 Å². The number of benzene rings is 1. The van der Waals surface area contributed by atoms with Gasteiger partial charge in [-0.2, -0.15) is 5.10 Å². The first kappa shape index (κ1) is 17.6. The summed E-state index contributed by atoms with van der Waals surface area (Å²) in [6.07, 6.45) is 0. The van der Waals surface area contributed by atoms with Crippen LogP contribution in [0.15, 0.2) is 18.2 Å². The molecule has 1 aromatic heterocycles. The second-order valence-corrected chi connectivity index (χ2v) is 5.36. The average molecular weight is 335 g/mol. The normalized spacial score (nSPS) is 11.9. The molecule has 0 N–H and O–H groups in total. The summed E-state index contributed by atoms with van der Waals surface area (Å²) in [5.41, 5.74) is 2.30. The van der Waals surface area contributed by atoms with Crippen LogP contribution in [0.4, 0.5) is 0 Å². The quantitative estimate of drug-likeness (QED) is 0.570. The molecular formula is C16H21N3O5. The van der Waals surface area contributed by atoms with E-state index in [-0.39, 0.29) is 11.5 Å². The van der Waals surface area contributed by atoms with Crippen molar-refractivity contribution in [2.45, 2.75) is 19.9 Å². The van der Waals surface area contributed by atoms with Gasteiger partial charge in [0, 0.05) is 10.6 Å². The standard InChI is InChI=1S/C16H21N3O5/c1-10-6-11(2)19(17-10)13(9-18(20)21)12-7-14(22-3)16(24-5)15(8-12)23-4/h6-8,13H,9H2,1-5H3. The first-order valence-corrected chi connectivity index (χ1v) is 7.35. The molecule has 0 aliphatic carbocycles. The molecule has 1 atom stereocenters. The lowest BCUT2D eigenvalue weighted by molar-refractivity contribution is -0.484. The summed E-state index contributed by atoms with van der Waals surface area (Å²) in [6.45, 7) is 3.41. The highest BCUT2D eigenvalue weighted by molar-refractivity contribution is 5.54.